The van der Waals surface area contributed by atoms with Crippen LogP contribution in [-0.2, 0) is 4.79 Å². The lowest BCUT2D eigenvalue weighted by Crippen LogP contribution is -2.11. The van der Waals surface area contributed by atoms with Crippen molar-refractivity contribution in [2.75, 3.05) is 19.2 Å². The number of methoxy groups -OCH3 is 1. The molecule has 0 spiro atoms. The SMILES string of the molecule is COc1cccc(/C=C/C(=O)Nc2cc3c(cc2C(C)=O)OCO3)c1OC(F)F. The number of halogens is 2. The number of benzene rings is 2. The molecule has 1 aliphatic heterocycles. The first-order valence-electron chi connectivity index (χ1n) is 8.44. The molecule has 3 rings (SSSR count). The van der Waals surface area contributed by atoms with E-state index in [1.54, 1.807) is 6.07 Å². The summed E-state index contributed by atoms with van der Waals surface area (Å²) < 4.78 is 45.4. The van der Waals surface area contributed by atoms with Crippen LogP contribution in [-0.4, -0.2) is 32.2 Å². The number of nitrogens with one attached hydrogen (secondary N) is 1. The van der Waals surface area contributed by atoms with Gasteiger partial charge in [0.05, 0.1) is 12.8 Å². The summed E-state index contributed by atoms with van der Waals surface area (Å²) in [4.78, 5) is 24.2. The Kier molecular flexibility index (Phi) is 5.96. The highest BCUT2D eigenvalue weighted by atomic mass is 19.3. The van der Waals surface area contributed by atoms with Crippen LogP contribution in [0, 0.1) is 0 Å². The van der Waals surface area contributed by atoms with Crippen molar-refractivity contribution in [2.24, 2.45) is 0 Å². The Morgan fingerprint density at radius 3 is 2.59 bits per heavy atom. The first-order valence-corrected chi connectivity index (χ1v) is 8.44. The number of alkyl halides is 2. The van der Waals surface area contributed by atoms with Crippen molar-refractivity contribution >= 4 is 23.5 Å². The molecular weight excluding hydrogens is 388 g/mol. The third kappa shape index (κ3) is 4.63. The molecule has 152 valence electrons. The number of ether oxygens (including phenoxy) is 4. The molecule has 2 aromatic carbocycles. The van der Waals surface area contributed by atoms with Crippen molar-refractivity contribution in [1.82, 2.24) is 0 Å². The lowest BCUT2D eigenvalue weighted by molar-refractivity contribution is -0.111. The Balaban J connectivity index is 1.83. The van der Waals surface area contributed by atoms with Gasteiger partial charge in [0.2, 0.25) is 12.7 Å². The summed E-state index contributed by atoms with van der Waals surface area (Å²) in [7, 11) is 1.32. The van der Waals surface area contributed by atoms with Gasteiger partial charge in [-0.05, 0) is 25.1 Å². The summed E-state index contributed by atoms with van der Waals surface area (Å²) in [6, 6.07) is 7.50. The molecule has 1 heterocycles. The fraction of sp³-hybridized carbons (Fsp3) is 0.200. The number of amides is 1. The number of rotatable bonds is 7. The van der Waals surface area contributed by atoms with E-state index in [9.17, 15) is 18.4 Å². The molecule has 0 atom stereocenters. The van der Waals surface area contributed by atoms with Crippen molar-refractivity contribution in [3.63, 3.8) is 0 Å². The van der Waals surface area contributed by atoms with Crippen LogP contribution < -0.4 is 24.3 Å². The second kappa shape index (κ2) is 8.59. The van der Waals surface area contributed by atoms with E-state index in [0.717, 1.165) is 6.08 Å². The van der Waals surface area contributed by atoms with Crippen LogP contribution in [0.1, 0.15) is 22.8 Å². The van der Waals surface area contributed by atoms with E-state index in [4.69, 9.17) is 14.2 Å². The molecule has 0 radical (unpaired) electrons. The number of carbonyl (C=O) groups excluding carboxylic acids is 2. The van der Waals surface area contributed by atoms with Gasteiger partial charge >= 0.3 is 6.61 Å². The highest BCUT2D eigenvalue weighted by Gasteiger charge is 2.20. The molecule has 1 amide bonds. The number of fused-ring (bicyclic) bond motifs is 1. The van der Waals surface area contributed by atoms with Crippen LogP contribution in [0.4, 0.5) is 14.5 Å². The standard InChI is InChI=1S/C20H17F2NO6/c1-11(24)13-8-16-17(28-10-27-16)9-14(13)23-18(25)7-6-12-4-3-5-15(26-2)19(12)29-20(21)22/h3-9,20H,10H2,1-2H3,(H,23,25)/b7-6+. The monoisotopic (exact) mass is 405 g/mol. The van der Waals surface area contributed by atoms with Gasteiger partial charge < -0.3 is 24.3 Å². The molecular formula is C20H17F2NO6. The summed E-state index contributed by atoms with van der Waals surface area (Å²) in [6.07, 6.45) is 2.43. The first-order chi connectivity index (χ1) is 13.9. The number of carbonyl (C=O) groups is 2. The molecule has 7 nitrogen and oxygen atoms in total. The van der Waals surface area contributed by atoms with Crippen molar-refractivity contribution < 1.29 is 37.3 Å². The number of Topliss-reactive ketones (excluding diaryl/α,β-unsaturated/α-hetero) is 1. The van der Waals surface area contributed by atoms with Crippen LogP contribution in [0.25, 0.3) is 6.08 Å². The topological polar surface area (TPSA) is 83.1 Å². The fourth-order valence-electron chi connectivity index (χ4n) is 2.72. The third-order valence-corrected chi connectivity index (χ3v) is 4.00. The zero-order chi connectivity index (χ0) is 21.0. The molecule has 0 aromatic heterocycles. The maximum absolute atomic E-state index is 12.7. The zero-order valence-corrected chi connectivity index (χ0v) is 15.5. The molecule has 1 aliphatic rings. The highest BCUT2D eigenvalue weighted by Crippen LogP contribution is 2.37. The molecule has 0 bridgehead atoms. The number of ketones is 1. The molecule has 0 aliphatic carbocycles. The lowest BCUT2D eigenvalue weighted by Gasteiger charge is -2.12. The number of hydrogen-bond acceptors (Lipinski definition) is 6. The van der Waals surface area contributed by atoms with Crippen molar-refractivity contribution in [3.8, 4) is 23.0 Å². The summed E-state index contributed by atoms with van der Waals surface area (Å²) >= 11 is 0. The molecule has 0 saturated heterocycles. The second-order valence-corrected chi connectivity index (χ2v) is 5.89. The van der Waals surface area contributed by atoms with Gasteiger partial charge in [-0.15, -0.1) is 0 Å². The minimum Gasteiger partial charge on any atom is -0.493 e. The van der Waals surface area contributed by atoms with E-state index in [0.29, 0.717) is 11.5 Å². The second-order valence-electron chi connectivity index (χ2n) is 5.89. The lowest BCUT2D eigenvalue weighted by atomic mass is 10.1. The zero-order valence-electron chi connectivity index (χ0n) is 15.5. The molecule has 1 N–H and O–H groups in total. The normalized spacial score (nSPS) is 12.3. The van der Waals surface area contributed by atoms with Gasteiger partial charge in [-0.25, -0.2) is 0 Å². The number of anilines is 1. The summed E-state index contributed by atoms with van der Waals surface area (Å²) in [5.74, 6) is -0.146. The van der Waals surface area contributed by atoms with Crippen LogP contribution in [0.2, 0.25) is 0 Å². The molecule has 29 heavy (non-hydrogen) atoms. The minimum absolute atomic E-state index is 0.0206. The first kappa shape index (κ1) is 20.1. The Morgan fingerprint density at radius 2 is 1.93 bits per heavy atom. The van der Waals surface area contributed by atoms with E-state index in [2.05, 4.69) is 10.1 Å². The molecule has 2 aromatic rings. The highest BCUT2D eigenvalue weighted by molar-refractivity contribution is 6.08. The molecule has 0 saturated carbocycles. The maximum Gasteiger partial charge on any atom is 0.387 e. The summed E-state index contributed by atoms with van der Waals surface area (Å²) in [5.41, 5.74) is 0.711. The maximum atomic E-state index is 12.7. The van der Waals surface area contributed by atoms with Gasteiger partial charge in [-0.1, -0.05) is 12.1 Å². The van der Waals surface area contributed by atoms with Gasteiger partial charge in [-0.3, -0.25) is 9.59 Å². The predicted octanol–water partition coefficient (Wildman–Crippen LogP) is 3.88. The van der Waals surface area contributed by atoms with Gasteiger partial charge in [-0.2, -0.15) is 8.78 Å². The Bertz CT molecular complexity index is 974. The van der Waals surface area contributed by atoms with Crippen LogP contribution in [0.3, 0.4) is 0 Å². The average molecular weight is 405 g/mol. The van der Waals surface area contributed by atoms with E-state index in [-0.39, 0.29) is 40.9 Å². The van der Waals surface area contributed by atoms with Crippen LogP contribution >= 0.6 is 0 Å². The Hall–Kier alpha value is -3.62. The predicted molar refractivity (Wildman–Crippen MR) is 99.9 cm³/mol. The van der Waals surface area contributed by atoms with Gasteiger partial charge in [0.1, 0.15) is 0 Å². The minimum atomic E-state index is -3.06. The van der Waals surface area contributed by atoms with E-state index in [1.807, 2.05) is 0 Å². The van der Waals surface area contributed by atoms with Crippen LogP contribution in [0.5, 0.6) is 23.0 Å². The van der Waals surface area contributed by atoms with Crippen molar-refractivity contribution in [2.45, 2.75) is 13.5 Å². The van der Waals surface area contributed by atoms with E-state index in [1.165, 1.54) is 44.4 Å². The number of hydrogen-bond donors (Lipinski definition) is 1. The molecule has 9 heteroatoms. The van der Waals surface area contributed by atoms with Crippen molar-refractivity contribution in [1.29, 1.82) is 0 Å². The van der Waals surface area contributed by atoms with Crippen molar-refractivity contribution in [3.05, 3.63) is 47.5 Å². The molecule has 0 unspecified atom stereocenters. The van der Waals surface area contributed by atoms with Gasteiger partial charge in [0, 0.05) is 23.3 Å². The quantitative estimate of drug-likeness (QED) is 0.556. The van der Waals surface area contributed by atoms with E-state index < -0.39 is 12.5 Å². The fourth-order valence-corrected chi connectivity index (χ4v) is 2.72. The Labute approximate surface area is 164 Å². The van der Waals surface area contributed by atoms with Crippen LogP contribution in [0.15, 0.2) is 36.4 Å². The Morgan fingerprint density at radius 1 is 1.21 bits per heavy atom. The largest absolute Gasteiger partial charge is 0.493 e. The van der Waals surface area contributed by atoms with Gasteiger partial charge in [0.25, 0.3) is 0 Å². The molecule has 0 fully saturated rings. The summed E-state index contributed by atoms with van der Waals surface area (Å²) in [6.45, 7) is -1.68. The smallest absolute Gasteiger partial charge is 0.387 e. The van der Waals surface area contributed by atoms with Gasteiger partial charge in [0.15, 0.2) is 28.8 Å². The average Bonchev–Trinajstić information content (AvgIpc) is 3.13. The third-order valence-electron chi connectivity index (χ3n) is 4.00. The van der Waals surface area contributed by atoms with E-state index >= 15 is 0 Å². The summed E-state index contributed by atoms with van der Waals surface area (Å²) in [5, 5.41) is 2.58. The number of para-hydroxylation sites is 1.